The number of likely N-dealkylation sites (tertiary alicyclic amines) is 1. The third-order valence-corrected chi connectivity index (χ3v) is 6.62. The highest BCUT2D eigenvalue weighted by Crippen LogP contribution is 2.34. The summed E-state index contributed by atoms with van der Waals surface area (Å²) in [6.07, 6.45) is 1.72. The highest BCUT2D eigenvalue weighted by atomic mass is 32.1. The fraction of sp³-hybridized carbons (Fsp3) is 0.545. The standard InChI is InChI=1S/C22H31N3O2S/c1-15(2)20(26)24-13-11-17(12-14-24)23-18-19(16-9-7-6-8-10-16)28-25(21(18)27)22(3,4)5/h6-10,15,17,23H,11-14H2,1-5H3. The van der Waals surface area contributed by atoms with Gasteiger partial charge in [0, 0.05) is 25.0 Å². The zero-order valence-electron chi connectivity index (χ0n) is 17.5. The maximum Gasteiger partial charge on any atom is 0.285 e. The van der Waals surface area contributed by atoms with Gasteiger partial charge in [-0.05, 0) is 39.2 Å². The third kappa shape index (κ3) is 4.32. The lowest BCUT2D eigenvalue weighted by atomic mass is 10.0. The van der Waals surface area contributed by atoms with Crippen LogP contribution in [0.5, 0.6) is 0 Å². The number of amides is 1. The molecule has 0 unspecified atom stereocenters. The van der Waals surface area contributed by atoms with Crippen LogP contribution in [0.15, 0.2) is 35.1 Å². The molecule has 28 heavy (non-hydrogen) atoms. The number of hydrogen-bond donors (Lipinski definition) is 1. The first-order valence-corrected chi connectivity index (χ1v) is 10.8. The Morgan fingerprint density at radius 3 is 2.29 bits per heavy atom. The highest BCUT2D eigenvalue weighted by molar-refractivity contribution is 7.11. The maximum absolute atomic E-state index is 13.2. The van der Waals surface area contributed by atoms with Gasteiger partial charge in [-0.1, -0.05) is 55.7 Å². The van der Waals surface area contributed by atoms with E-state index in [-0.39, 0.29) is 29.0 Å². The number of nitrogens with one attached hydrogen (secondary N) is 1. The van der Waals surface area contributed by atoms with Crippen molar-refractivity contribution in [3.05, 3.63) is 40.7 Å². The normalized spacial score (nSPS) is 15.9. The summed E-state index contributed by atoms with van der Waals surface area (Å²) in [5, 5.41) is 3.54. The Kier molecular flexibility index (Phi) is 5.98. The SMILES string of the molecule is CC(C)C(=O)N1CCC(Nc2c(-c3ccccc3)sn(C(C)(C)C)c2=O)CC1. The van der Waals surface area contributed by atoms with Crippen LogP contribution in [0.3, 0.4) is 0 Å². The Labute approximate surface area is 171 Å². The van der Waals surface area contributed by atoms with E-state index in [1.807, 2.05) is 53.0 Å². The number of rotatable bonds is 4. The number of nitrogens with zero attached hydrogens (tertiary/aromatic N) is 2. The van der Waals surface area contributed by atoms with E-state index in [9.17, 15) is 9.59 Å². The first-order chi connectivity index (χ1) is 13.2. The maximum atomic E-state index is 13.2. The number of anilines is 1. The molecule has 0 saturated carbocycles. The molecule has 0 spiro atoms. The average Bonchev–Trinajstić information content (AvgIpc) is 2.99. The van der Waals surface area contributed by atoms with Gasteiger partial charge in [0.05, 0.1) is 10.4 Å². The van der Waals surface area contributed by atoms with Crippen molar-refractivity contribution in [2.24, 2.45) is 5.92 Å². The molecule has 0 atom stereocenters. The summed E-state index contributed by atoms with van der Waals surface area (Å²) in [6.45, 7) is 11.5. The predicted molar refractivity (Wildman–Crippen MR) is 117 cm³/mol. The van der Waals surface area contributed by atoms with Gasteiger partial charge in [-0.15, -0.1) is 0 Å². The van der Waals surface area contributed by atoms with Crippen LogP contribution in [-0.2, 0) is 10.3 Å². The van der Waals surface area contributed by atoms with E-state index in [1.165, 1.54) is 11.5 Å². The molecule has 1 aromatic heterocycles. The Bertz CT molecular complexity index is 869. The molecule has 1 amide bonds. The van der Waals surface area contributed by atoms with Gasteiger partial charge in [0.25, 0.3) is 5.56 Å². The Morgan fingerprint density at radius 1 is 1.14 bits per heavy atom. The van der Waals surface area contributed by atoms with Gasteiger partial charge in [-0.2, -0.15) is 0 Å². The molecule has 0 bridgehead atoms. The minimum Gasteiger partial charge on any atom is -0.376 e. The van der Waals surface area contributed by atoms with E-state index >= 15 is 0 Å². The average molecular weight is 402 g/mol. The number of carbonyl (C=O) groups excluding carboxylic acids is 1. The zero-order valence-corrected chi connectivity index (χ0v) is 18.3. The molecular weight excluding hydrogens is 370 g/mol. The molecule has 5 nitrogen and oxygen atoms in total. The summed E-state index contributed by atoms with van der Waals surface area (Å²) in [5.74, 6) is 0.249. The van der Waals surface area contributed by atoms with E-state index in [0.29, 0.717) is 5.69 Å². The summed E-state index contributed by atoms with van der Waals surface area (Å²) >= 11 is 1.52. The van der Waals surface area contributed by atoms with Crippen molar-refractivity contribution < 1.29 is 4.79 Å². The second-order valence-electron chi connectivity index (χ2n) is 8.83. The highest BCUT2D eigenvalue weighted by Gasteiger charge is 2.28. The van der Waals surface area contributed by atoms with Gasteiger partial charge >= 0.3 is 0 Å². The van der Waals surface area contributed by atoms with Crippen molar-refractivity contribution in [1.82, 2.24) is 8.86 Å². The van der Waals surface area contributed by atoms with Gasteiger partial charge in [-0.3, -0.25) is 13.5 Å². The number of hydrogen-bond acceptors (Lipinski definition) is 4. The van der Waals surface area contributed by atoms with Gasteiger partial charge < -0.3 is 10.2 Å². The molecule has 2 heterocycles. The van der Waals surface area contributed by atoms with Crippen LogP contribution >= 0.6 is 11.5 Å². The van der Waals surface area contributed by atoms with Crippen LogP contribution < -0.4 is 10.9 Å². The summed E-state index contributed by atoms with van der Waals surface area (Å²) in [7, 11) is 0. The van der Waals surface area contributed by atoms with E-state index in [0.717, 1.165) is 36.4 Å². The minimum atomic E-state index is -0.266. The zero-order chi connectivity index (χ0) is 20.5. The van der Waals surface area contributed by atoms with Gasteiger partial charge in [0.15, 0.2) is 0 Å². The number of benzene rings is 1. The molecule has 1 aliphatic rings. The van der Waals surface area contributed by atoms with Gasteiger partial charge in [-0.25, -0.2) is 0 Å². The van der Waals surface area contributed by atoms with Crippen molar-refractivity contribution in [2.45, 2.75) is 59.0 Å². The Balaban J connectivity index is 1.85. The molecule has 3 rings (SSSR count). The molecule has 2 aromatic rings. The smallest absolute Gasteiger partial charge is 0.285 e. The lowest BCUT2D eigenvalue weighted by molar-refractivity contribution is -0.135. The Morgan fingerprint density at radius 2 is 1.75 bits per heavy atom. The molecule has 1 aromatic carbocycles. The predicted octanol–water partition coefficient (Wildman–Crippen LogP) is 4.39. The largest absolute Gasteiger partial charge is 0.376 e. The van der Waals surface area contributed by atoms with Crippen LogP contribution in [0.2, 0.25) is 0 Å². The summed E-state index contributed by atoms with van der Waals surface area (Å²) < 4.78 is 1.86. The van der Waals surface area contributed by atoms with Crippen LogP contribution in [0, 0.1) is 5.92 Å². The first kappa shape index (κ1) is 20.6. The van der Waals surface area contributed by atoms with Crippen LogP contribution in [0.25, 0.3) is 10.4 Å². The van der Waals surface area contributed by atoms with Crippen LogP contribution in [-0.4, -0.2) is 33.9 Å². The van der Waals surface area contributed by atoms with E-state index < -0.39 is 0 Å². The van der Waals surface area contributed by atoms with Crippen LogP contribution in [0.1, 0.15) is 47.5 Å². The fourth-order valence-electron chi connectivity index (χ4n) is 3.55. The second-order valence-corrected chi connectivity index (χ2v) is 9.79. The summed E-state index contributed by atoms with van der Waals surface area (Å²) in [4.78, 5) is 28.3. The summed E-state index contributed by atoms with van der Waals surface area (Å²) in [5.41, 5.74) is 1.53. The number of aromatic nitrogens is 1. The lowest BCUT2D eigenvalue weighted by Crippen LogP contribution is -2.44. The van der Waals surface area contributed by atoms with Crippen molar-refractivity contribution >= 4 is 23.1 Å². The molecular formula is C22H31N3O2S. The monoisotopic (exact) mass is 401 g/mol. The van der Waals surface area contributed by atoms with Gasteiger partial charge in [0.1, 0.15) is 5.69 Å². The molecule has 1 aliphatic heterocycles. The van der Waals surface area contributed by atoms with Crippen molar-refractivity contribution in [2.75, 3.05) is 18.4 Å². The number of piperidine rings is 1. The molecule has 1 saturated heterocycles. The van der Waals surface area contributed by atoms with E-state index in [2.05, 4.69) is 26.1 Å². The number of carbonyl (C=O) groups is 1. The van der Waals surface area contributed by atoms with Crippen LogP contribution in [0.4, 0.5) is 5.69 Å². The molecule has 1 N–H and O–H groups in total. The summed E-state index contributed by atoms with van der Waals surface area (Å²) in [6, 6.07) is 10.3. The second kappa shape index (κ2) is 8.11. The first-order valence-electron chi connectivity index (χ1n) is 10.1. The van der Waals surface area contributed by atoms with Gasteiger partial charge in [0.2, 0.25) is 5.91 Å². The molecule has 6 heteroatoms. The molecule has 0 aliphatic carbocycles. The molecule has 152 valence electrons. The quantitative estimate of drug-likeness (QED) is 0.827. The van der Waals surface area contributed by atoms with Crippen molar-refractivity contribution in [1.29, 1.82) is 0 Å². The topological polar surface area (TPSA) is 54.3 Å². The minimum absolute atomic E-state index is 0.0325. The lowest BCUT2D eigenvalue weighted by Gasteiger charge is -2.33. The van der Waals surface area contributed by atoms with Crippen molar-refractivity contribution in [3.8, 4) is 10.4 Å². The third-order valence-electron chi connectivity index (χ3n) is 5.10. The van der Waals surface area contributed by atoms with E-state index in [1.54, 1.807) is 0 Å². The molecule has 0 radical (unpaired) electrons. The molecule has 1 fully saturated rings. The Hall–Kier alpha value is -2.08. The fourth-order valence-corrected chi connectivity index (χ4v) is 4.66. The van der Waals surface area contributed by atoms with Crippen molar-refractivity contribution in [3.63, 3.8) is 0 Å². The van der Waals surface area contributed by atoms with E-state index in [4.69, 9.17) is 0 Å².